The van der Waals surface area contributed by atoms with Crippen LogP contribution in [0.25, 0.3) is 0 Å². The van der Waals surface area contributed by atoms with E-state index in [0.29, 0.717) is 5.75 Å². The summed E-state index contributed by atoms with van der Waals surface area (Å²) in [6, 6.07) is 2.70. The molecular formula is C13H16F2N2OS. The molecule has 6 heteroatoms. The van der Waals surface area contributed by atoms with Crippen LogP contribution in [-0.4, -0.2) is 30.0 Å². The summed E-state index contributed by atoms with van der Waals surface area (Å²) in [5.41, 5.74) is -0.0979. The molecule has 1 aromatic rings. The first-order valence-electron chi connectivity index (χ1n) is 6.15. The van der Waals surface area contributed by atoms with Gasteiger partial charge in [0, 0.05) is 23.6 Å². The van der Waals surface area contributed by atoms with Crippen molar-refractivity contribution in [3.05, 3.63) is 35.4 Å². The third-order valence-electron chi connectivity index (χ3n) is 3.03. The van der Waals surface area contributed by atoms with Crippen molar-refractivity contribution in [1.29, 1.82) is 0 Å². The van der Waals surface area contributed by atoms with Gasteiger partial charge in [-0.1, -0.05) is 6.07 Å². The smallest absolute Gasteiger partial charge is 0.238 e. The van der Waals surface area contributed by atoms with Gasteiger partial charge in [0.05, 0.1) is 12.1 Å². The van der Waals surface area contributed by atoms with Crippen molar-refractivity contribution < 1.29 is 13.6 Å². The van der Waals surface area contributed by atoms with Gasteiger partial charge in [-0.05, 0) is 19.1 Å². The highest BCUT2D eigenvalue weighted by molar-refractivity contribution is 7.99. The van der Waals surface area contributed by atoms with Gasteiger partial charge < -0.3 is 10.6 Å². The van der Waals surface area contributed by atoms with Crippen LogP contribution in [0.15, 0.2) is 18.2 Å². The van der Waals surface area contributed by atoms with Gasteiger partial charge >= 0.3 is 0 Å². The molecule has 1 saturated heterocycles. The molecule has 0 saturated carbocycles. The van der Waals surface area contributed by atoms with E-state index in [9.17, 15) is 13.6 Å². The van der Waals surface area contributed by atoms with Crippen LogP contribution in [0.5, 0.6) is 0 Å². The van der Waals surface area contributed by atoms with E-state index in [1.54, 1.807) is 18.7 Å². The van der Waals surface area contributed by atoms with Crippen LogP contribution in [-0.2, 0) is 4.79 Å². The van der Waals surface area contributed by atoms with Crippen LogP contribution in [0.1, 0.15) is 18.5 Å². The maximum Gasteiger partial charge on any atom is 0.238 e. The number of amides is 1. The fourth-order valence-corrected chi connectivity index (χ4v) is 2.98. The summed E-state index contributed by atoms with van der Waals surface area (Å²) >= 11 is 1.69. The number of halogens is 2. The molecule has 3 nitrogen and oxygen atoms in total. The maximum atomic E-state index is 13.6. The van der Waals surface area contributed by atoms with E-state index in [0.717, 1.165) is 12.3 Å². The van der Waals surface area contributed by atoms with E-state index in [4.69, 9.17) is 0 Å². The molecule has 0 aromatic heterocycles. The number of thioether (sulfide) groups is 1. The highest BCUT2D eigenvalue weighted by atomic mass is 32.2. The molecule has 0 spiro atoms. The Labute approximate surface area is 115 Å². The molecule has 1 heterocycles. The van der Waals surface area contributed by atoms with E-state index in [-0.39, 0.29) is 17.5 Å². The minimum Gasteiger partial charge on any atom is -0.348 e. The van der Waals surface area contributed by atoms with Gasteiger partial charge in [-0.3, -0.25) is 4.79 Å². The van der Waals surface area contributed by atoms with Crippen molar-refractivity contribution in [3.8, 4) is 0 Å². The average molecular weight is 286 g/mol. The van der Waals surface area contributed by atoms with Crippen molar-refractivity contribution in [2.24, 2.45) is 0 Å². The van der Waals surface area contributed by atoms with Crippen LogP contribution in [0.4, 0.5) is 8.78 Å². The zero-order valence-corrected chi connectivity index (χ0v) is 11.4. The van der Waals surface area contributed by atoms with Gasteiger partial charge in [0.25, 0.3) is 0 Å². The number of carbonyl (C=O) groups excluding carboxylic acids is 1. The number of nitrogens with one attached hydrogen (secondary N) is 2. The molecule has 1 fully saturated rings. The van der Waals surface area contributed by atoms with Crippen molar-refractivity contribution in [2.75, 3.05) is 18.1 Å². The third kappa shape index (κ3) is 3.45. The largest absolute Gasteiger partial charge is 0.348 e. The lowest BCUT2D eigenvalue weighted by molar-refractivity contribution is -0.123. The molecule has 2 unspecified atom stereocenters. The maximum absolute atomic E-state index is 13.6. The zero-order valence-electron chi connectivity index (χ0n) is 10.6. The van der Waals surface area contributed by atoms with Crippen LogP contribution in [0.3, 0.4) is 0 Å². The lowest BCUT2D eigenvalue weighted by Crippen LogP contribution is -2.49. The Kier molecular flexibility index (Phi) is 4.76. The van der Waals surface area contributed by atoms with E-state index >= 15 is 0 Å². The lowest BCUT2D eigenvalue weighted by atomic mass is 10.1. The highest BCUT2D eigenvalue weighted by Gasteiger charge is 2.24. The molecule has 19 heavy (non-hydrogen) atoms. The average Bonchev–Trinajstić information content (AvgIpc) is 2.39. The molecule has 1 amide bonds. The summed E-state index contributed by atoms with van der Waals surface area (Å²) in [6.07, 6.45) is 0. The van der Waals surface area contributed by atoms with Crippen LogP contribution in [0, 0.1) is 11.6 Å². The Morgan fingerprint density at radius 1 is 1.47 bits per heavy atom. The highest BCUT2D eigenvalue weighted by Crippen LogP contribution is 2.20. The quantitative estimate of drug-likeness (QED) is 0.891. The Balaban J connectivity index is 2.04. The molecule has 0 aliphatic carbocycles. The van der Waals surface area contributed by atoms with E-state index in [1.165, 1.54) is 18.2 Å². The topological polar surface area (TPSA) is 41.1 Å². The molecule has 2 N–H and O–H groups in total. The monoisotopic (exact) mass is 286 g/mol. The summed E-state index contributed by atoms with van der Waals surface area (Å²) in [4.78, 5) is 12.0. The van der Waals surface area contributed by atoms with Crippen LogP contribution < -0.4 is 10.6 Å². The summed E-state index contributed by atoms with van der Waals surface area (Å²) in [5.74, 6) is 0.152. The summed E-state index contributed by atoms with van der Waals surface area (Å²) < 4.78 is 27.2. The molecule has 1 aromatic carbocycles. The minimum absolute atomic E-state index is 0.0979. The van der Waals surface area contributed by atoms with Crippen molar-refractivity contribution in [3.63, 3.8) is 0 Å². The number of hydrogen-bond acceptors (Lipinski definition) is 3. The predicted octanol–water partition coefficient (Wildman–Crippen LogP) is 1.85. The van der Waals surface area contributed by atoms with Crippen molar-refractivity contribution in [2.45, 2.75) is 19.0 Å². The second kappa shape index (κ2) is 6.34. The fourth-order valence-electron chi connectivity index (χ4n) is 2.04. The van der Waals surface area contributed by atoms with Gasteiger partial charge in [-0.25, -0.2) is 8.78 Å². The molecule has 1 aliphatic heterocycles. The summed E-state index contributed by atoms with van der Waals surface area (Å²) in [7, 11) is 0. The SMILES string of the molecule is CC(NC(=O)C1CSCCN1)c1c(F)cccc1F. The molecule has 104 valence electrons. The number of hydrogen-bond donors (Lipinski definition) is 2. The minimum atomic E-state index is -0.692. The molecule has 0 bridgehead atoms. The van der Waals surface area contributed by atoms with Gasteiger partial charge in [-0.2, -0.15) is 11.8 Å². The lowest BCUT2D eigenvalue weighted by Gasteiger charge is -2.24. The second-order valence-corrected chi connectivity index (χ2v) is 5.60. The molecule has 2 atom stereocenters. The van der Waals surface area contributed by atoms with Gasteiger partial charge in [0.15, 0.2) is 0 Å². The van der Waals surface area contributed by atoms with Crippen LogP contribution in [0.2, 0.25) is 0 Å². The molecule has 1 aliphatic rings. The molecule has 0 radical (unpaired) electrons. The van der Waals surface area contributed by atoms with E-state index in [1.807, 2.05) is 0 Å². The van der Waals surface area contributed by atoms with Gasteiger partial charge in [-0.15, -0.1) is 0 Å². The molecule has 2 rings (SSSR count). The predicted molar refractivity (Wildman–Crippen MR) is 72.0 cm³/mol. The first kappa shape index (κ1) is 14.3. The summed E-state index contributed by atoms with van der Waals surface area (Å²) in [6.45, 7) is 2.35. The van der Waals surface area contributed by atoms with Crippen molar-refractivity contribution in [1.82, 2.24) is 10.6 Å². The Hall–Kier alpha value is -1.14. The Morgan fingerprint density at radius 2 is 2.16 bits per heavy atom. The summed E-state index contributed by atoms with van der Waals surface area (Å²) in [5, 5.41) is 5.74. The standard InChI is InChI=1S/C13H16F2N2OS/c1-8(12-9(14)3-2-4-10(12)15)17-13(18)11-7-19-6-5-16-11/h2-4,8,11,16H,5-7H2,1H3,(H,17,18). The van der Waals surface area contributed by atoms with E-state index in [2.05, 4.69) is 10.6 Å². The fraction of sp³-hybridized carbons (Fsp3) is 0.462. The third-order valence-corrected chi connectivity index (χ3v) is 4.09. The number of rotatable bonds is 3. The number of benzene rings is 1. The first-order valence-corrected chi connectivity index (χ1v) is 7.30. The van der Waals surface area contributed by atoms with Gasteiger partial charge in [0.1, 0.15) is 11.6 Å². The second-order valence-electron chi connectivity index (χ2n) is 4.45. The molecular weight excluding hydrogens is 270 g/mol. The zero-order chi connectivity index (χ0) is 13.8. The Bertz CT molecular complexity index is 444. The van der Waals surface area contributed by atoms with Crippen molar-refractivity contribution >= 4 is 17.7 Å². The first-order chi connectivity index (χ1) is 9.09. The normalized spacial score (nSPS) is 20.9. The van der Waals surface area contributed by atoms with Crippen LogP contribution >= 0.6 is 11.8 Å². The van der Waals surface area contributed by atoms with E-state index < -0.39 is 17.7 Å². The van der Waals surface area contributed by atoms with Gasteiger partial charge in [0.2, 0.25) is 5.91 Å². The number of carbonyl (C=O) groups is 1. The Morgan fingerprint density at radius 3 is 2.74 bits per heavy atom.